The van der Waals surface area contributed by atoms with Gasteiger partial charge in [0, 0.05) is 29.4 Å². The number of nitrogens with zero attached hydrogens (tertiary/aromatic N) is 3. The number of halogens is 8. The first-order valence-electron chi connectivity index (χ1n) is 11.0. The third kappa shape index (κ3) is 6.15. The highest BCUT2D eigenvalue weighted by Crippen LogP contribution is 2.38. The number of anilines is 1. The Bertz CT molecular complexity index is 1530. The lowest BCUT2D eigenvalue weighted by atomic mass is 10.1. The summed E-state index contributed by atoms with van der Waals surface area (Å²) >= 11 is 12.0. The van der Waals surface area contributed by atoms with E-state index in [0.717, 1.165) is 33.8 Å². The van der Waals surface area contributed by atoms with Crippen LogP contribution in [0.2, 0.25) is 10.0 Å². The van der Waals surface area contributed by atoms with E-state index in [0.29, 0.717) is 16.7 Å². The predicted molar refractivity (Wildman–Crippen MR) is 134 cm³/mol. The maximum Gasteiger partial charge on any atom is 0.435 e. The van der Waals surface area contributed by atoms with Crippen LogP contribution in [0.3, 0.4) is 0 Å². The van der Waals surface area contributed by atoms with E-state index in [1.807, 2.05) is 0 Å². The average molecular weight is 588 g/mol. The minimum atomic E-state index is -4.70. The van der Waals surface area contributed by atoms with Crippen molar-refractivity contribution < 1.29 is 36.2 Å². The van der Waals surface area contributed by atoms with Gasteiger partial charge in [0.2, 0.25) is 0 Å². The van der Waals surface area contributed by atoms with Crippen molar-refractivity contribution in [1.82, 2.24) is 9.78 Å². The molecule has 0 saturated heterocycles. The number of hydrogen-bond acceptors (Lipinski definition) is 3. The molecule has 0 spiro atoms. The predicted octanol–water partition coefficient (Wildman–Crippen LogP) is 7.98. The highest BCUT2D eigenvalue weighted by Gasteiger charge is 2.35. The van der Waals surface area contributed by atoms with Gasteiger partial charge in [-0.2, -0.15) is 31.4 Å². The average Bonchev–Trinajstić information content (AvgIpc) is 3.24. The number of phenols is 1. The van der Waals surface area contributed by atoms with Gasteiger partial charge < -0.3 is 10.0 Å². The Balaban J connectivity index is 1.76. The van der Waals surface area contributed by atoms with Crippen LogP contribution < -0.4 is 4.90 Å². The molecule has 4 aromatic rings. The van der Waals surface area contributed by atoms with E-state index in [1.54, 1.807) is 24.3 Å². The lowest BCUT2D eigenvalue weighted by Gasteiger charge is -2.24. The molecule has 0 atom stereocenters. The second-order valence-corrected chi connectivity index (χ2v) is 9.29. The molecule has 3 aromatic carbocycles. The van der Waals surface area contributed by atoms with E-state index >= 15 is 0 Å². The van der Waals surface area contributed by atoms with Crippen LogP contribution in [0.4, 0.5) is 32.0 Å². The topological polar surface area (TPSA) is 58.4 Å². The number of benzene rings is 3. The first-order chi connectivity index (χ1) is 18.1. The summed E-state index contributed by atoms with van der Waals surface area (Å²) in [5, 5.41) is 14.2. The minimum Gasteiger partial charge on any atom is -0.507 e. The molecule has 13 heteroatoms. The second-order valence-electron chi connectivity index (χ2n) is 8.45. The van der Waals surface area contributed by atoms with Gasteiger partial charge in [-0.3, -0.25) is 9.48 Å². The number of rotatable bonds is 5. The van der Waals surface area contributed by atoms with Crippen molar-refractivity contribution in [3.8, 4) is 17.0 Å². The Morgan fingerprint density at radius 3 is 2.13 bits per heavy atom. The summed E-state index contributed by atoms with van der Waals surface area (Å²) in [6, 6.07) is 13.3. The van der Waals surface area contributed by atoms with Gasteiger partial charge in [-0.15, -0.1) is 0 Å². The summed E-state index contributed by atoms with van der Waals surface area (Å²) < 4.78 is 79.6. The van der Waals surface area contributed by atoms with E-state index in [9.17, 15) is 36.2 Å². The van der Waals surface area contributed by atoms with Gasteiger partial charge in [-0.1, -0.05) is 35.3 Å². The Morgan fingerprint density at radius 1 is 0.923 bits per heavy atom. The first kappa shape index (κ1) is 28.3. The number of amides is 1. The van der Waals surface area contributed by atoms with Crippen molar-refractivity contribution in [2.75, 3.05) is 4.90 Å². The third-order valence-corrected chi connectivity index (χ3v) is 6.33. The van der Waals surface area contributed by atoms with Gasteiger partial charge in [0.05, 0.1) is 28.4 Å². The molecule has 0 saturated carbocycles. The fraction of sp³-hybridized carbons (Fsp3) is 0.154. The zero-order valence-corrected chi connectivity index (χ0v) is 21.3. The van der Waals surface area contributed by atoms with Crippen molar-refractivity contribution in [2.24, 2.45) is 7.05 Å². The molecule has 0 bridgehead atoms. The van der Waals surface area contributed by atoms with Gasteiger partial charge in [0.25, 0.3) is 5.91 Å². The van der Waals surface area contributed by atoms with Crippen LogP contribution in [0, 0.1) is 0 Å². The summed E-state index contributed by atoms with van der Waals surface area (Å²) in [5.41, 5.74) is -1.76. The van der Waals surface area contributed by atoms with Crippen molar-refractivity contribution in [3.63, 3.8) is 0 Å². The van der Waals surface area contributed by atoms with Gasteiger partial charge >= 0.3 is 12.4 Å². The molecule has 0 aliphatic carbocycles. The van der Waals surface area contributed by atoms with Gasteiger partial charge in [0.15, 0.2) is 5.69 Å². The molecular weight excluding hydrogens is 571 g/mol. The molecule has 0 aliphatic heterocycles. The normalized spacial score (nSPS) is 12.0. The van der Waals surface area contributed by atoms with Crippen LogP contribution in [0.1, 0.15) is 27.2 Å². The van der Waals surface area contributed by atoms with Gasteiger partial charge in [-0.05, 0) is 54.1 Å². The van der Waals surface area contributed by atoms with Crippen LogP contribution in [-0.2, 0) is 25.9 Å². The number of aromatic nitrogens is 2. The van der Waals surface area contributed by atoms with Crippen LogP contribution >= 0.6 is 23.2 Å². The molecule has 1 aromatic heterocycles. The molecule has 1 heterocycles. The Labute approximate surface area is 227 Å². The number of phenolic OH excluding ortho intramolecular Hbond substituents is 1. The quantitative estimate of drug-likeness (QED) is 0.241. The van der Waals surface area contributed by atoms with Crippen molar-refractivity contribution in [2.45, 2.75) is 18.9 Å². The van der Waals surface area contributed by atoms with Crippen LogP contribution in [-0.4, -0.2) is 20.8 Å². The molecule has 39 heavy (non-hydrogen) atoms. The number of carbonyl (C=O) groups excluding carboxylic acids is 1. The lowest BCUT2D eigenvalue weighted by molar-refractivity contribution is -0.141. The molecule has 4 rings (SSSR count). The number of alkyl halides is 6. The highest BCUT2D eigenvalue weighted by atomic mass is 35.5. The van der Waals surface area contributed by atoms with Gasteiger partial charge in [-0.25, -0.2) is 0 Å². The molecule has 0 radical (unpaired) electrons. The molecule has 0 unspecified atom stereocenters. The van der Waals surface area contributed by atoms with E-state index in [-0.39, 0.29) is 29.1 Å². The SMILES string of the molecule is Cn1nc(C(F)(F)F)cc1-c1ccc(N(Cc2ccc(Cl)cc2)C(=O)c2ccc(C(F)(F)F)cc2Cl)cc1O. The highest BCUT2D eigenvalue weighted by molar-refractivity contribution is 6.34. The second kappa shape index (κ2) is 10.5. The maximum atomic E-state index is 13.5. The van der Waals surface area contributed by atoms with E-state index in [2.05, 4.69) is 5.10 Å². The molecule has 1 N–H and O–H groups in total. The molecule has 204 valence electrons. The van der Waals surface area contributed by atoms with Crippen LogP contribution in [0.15, 0.2) is 66.7 Å². The fourth-order valence-corrected chi connectivity index (χ4v) is 4.21. The number of aromatic hydroxyl groups is 1. The largest absolute Gasteiger partial charge is 0.507 e. The minimum absolute atomic E-state index is 0.00991. The molecular formula is C26H17Cl2F6N3O2. The first-order valence-corrected chi connectivity index (χ1v) is 11.8. The van der Waals surface area contributed by atoms with Crippen molar-refractivity contribution >= 4 is 34.8 Å². The maximum absolute atomic E-state index is 13.5. The van der Waals surface area contributed by atoms with E-state index in [4.69, 9.17) is 23.2 Å². The summed E-state index contributed by atoms with van der Waals surface area (Å²) in [6.07, 6.45) is -9.37. The zero-order chi connectivity index (χ0) is 28.7. The fourth-order valence-electron chi connectivity index (χ4n) is 3.83. The number of carbonyl (C=O) groups is 1. The summed E-state index contributed by atoms with van der Waals surface area (Å²) in [4.78, 5) is 14.7. The number of hydrogen-bond donors (Lipinski definition) is 1. The summed E-state index contributed by atoms with van der Waals surface area (Å²) in [5.74, 6) is -1.24. The van der Waals surface area contributed by atoms with Crippen molar-refractivity contribution in [1.29, 1.82) is 0 Å². The van der Waals surface area contributed by atoms with Gasteiger partial charge in [0.1, 0.15) is 5.75 Å². The summed E-state index contributed by atoms with van der Waals surface area (Å²) in [6.45, 7) is -0.101. The van der Waals surface area contributed by atoms with Crippen LogP contribution in [0.5, 0.6) is 5.75 Å². The third-order valence-electron chi connectivity index (χ3n) is 5.77. The lowest BCUT2D eigenvalue weighted by Crippen LogP contribution is -2.30. The standard InChI is InChI=1S/C26H17Cl2F6N3O2/c1-36-21(12-23(35-36)26(32,33)34)19-9-7-17(11-22(19)38)37(13-14-2-5-16(27)6-3-14)24(39)18-8-4-15(10-20(18)28)25(29,30)31/h2-12,38H,13H2,1H3. The monoisotopic (exact) mass is 587 g/mol. The Kier molecular flexibility index (Phi) is 7.59. The smallest absolute Gasteiger partial charge is 0.435 e. The Morgan fingerprint density at radius 2 is 1.59 bits per heavy atom. The van der Waals surface area contributed by atoms with E-state index < -0.39 is 40.3 Å². The molecule has 0 fully saturated rings. The zero-order valence-electron chi connectivity index (χ0n) is 19.8. The molecule has 1 amide bonds. The van der Waals surface area contributed by atoms with Crippen molar-refractivity contribution in [3.05, 3.63) is 99.2 Å². The van der Waals surface area contributed by atoms with Crippen LogP contribution in [0.25, 0.3) is 11.3 Å². The molecule has 5 nitrogen and oxygen atoms in total. The Hall–Kier alpha value is -3.70. The molecule has 0 aliphatic rings. The summed E-state index contributed by atoms with van der Waals surface area (Å²) in [7, 11) is 1.28. The van der Waals surface area contributed by atoms with E-state index in [1.165, 1.54) is 19.2 Å². The number of aryl methyl sites for hydroxylation is 1.